The summed E-state index contributed by atoms with van der Waals surface area (Å²) in [5.41, 5.74) is 12.3. The van der Waals surface area contributed by atoms with Crippen LogP contribution in [-0.4, -0.2) is 16.2 Å². The second-order valence-electron chi connectivity index (χ2n) is 2.48. The average molecular weight is 295 g/mol. The summed E-state index contributed by atoms with van der Waals surface area (Å²) in [6, 6.07) is 1.95. The maximum atomic E-state index is 5.17. The summed E-state index contributed by atoms with van der Waals surface area (Å²) in [5.74, 6) is 0.0997. The molecule has 0 aromatic carbocycles. The molecule has 0 aliphatic rings. The standard InChI is InChI=1S/C7H13N5.HI/c1-2-5-3-6(12-11-5)4-10-7(8)9;/h3H,2,4H2,1H3,(H,11,12)(H4,8,9,10);1H. The maximum absolute atomic E-state index is 5.17. The molecule has 0 radical (unpaired) electrons. The van der Waals surface area contributed by atoms with Crippen LogP contribution in [0.5, 0.6) is 0 Å². The number of nitrogens with two attached hydrogens (primary N) is 2. The van der Waals surface area contributed by atoms with Crippen LogP contribution in [0.25, 0.3) is 0 Å². The molecule has 0 bridgehead atoms. The molecule has 1 rings (SSSR count). The van der Waals surface area contributed by atoms with Crippen molar-refractivity contribution in [1.29, 1.82) is 0 Å². The van der Waals surface area contributed by atoms with Crippen LogP contribution in [0.15, 0.2) is 11.1 Å². The summed E-state index contributed by atoms with van der Waals surface area (Å²) in [4.78, 5) is 3.84. The molecular weight excluding hydrogens is 281 g/mol. The Labute approximate surface area is 94.0 Å². The normalized spacial score (nSPS) is 9.00. The second kappa shape index (κ2) is 5.79. The van der Waals surface area contributed by atoms with Gasteiger partial charge in [-0.2, -0.15) is 5.10 Å². The summed E-state index contributed by atoms with van der Waals surface area (Å²) >= 11 is 0. The maximum Gasteiger partial charge on any atom is 0.186 e. The van der Waals surface area contributed by atoms with Gasteiger partial charge in [-0.25, -0.2) is 4.99 Å². The van der Waals surface area contributed by atoms with Crippen molar-refractivity contribution in [1.82, 2.24) is 10.2 Å². The number of aryl methyl sites for hydroxylation is 1. The molecule has 0 aliphatic heterocycles. The fourth-order valence-electron chi connectivity index (χ4n) is 0.848. The molecule has 1 aromatic rings. The minimum absolute atomic E-state index is 0. The van der Waals surface area contributed by atoms with E-state index in [-0.39, 0.29) is 29.9 Å². The summed E-state index contributed by atoms with van der Waals surface area (Å²) in [6.45, 7) is 2.51. The van der Waals surface area contributed by atoms with Crippen LogP contribution < -0.4 is 11.5 Å². The number of H-pyrrole nitrogens is 1. The molecule has 1 aromatic heterocycles. The minimum Gasteiger partial charge on any atom is -0.370 e. The molecule has 0 saturated carbocycles. The van der Waals surface area contributed by atoms with Gasteiger partial charge in [-0.15, -0.1) is 24.0 Å². The number of halogens is 1. The summed E-state index contributed by atoms with van der Waals surface area (Å²) < 4.78 is 0. The molecule has 0 saturated heterocycles. The Morgan fingerprint density at radius 2 is 2.31 bits per heavy atom. The van der Waals surface area contributed by atoms with E-state index in [4.69, 9.17) is 11.5 Å². The van der Waals surface area contributed by atoms with Gasteiger partial charge in [0, 0.05) is 0 Å². The Kier molecular flexibility index (Phi) is 5.44. The molecule has 0 amide bonds. The Morgan fingerprint density at radius 3 is 2.77 bits per heavy atom. The van der Waals surface area contributed by atoms with Gasteiger partial charge < -0.3 is 11.5 Å². The highest BCUT2D eigenvalue weighted by atomic mass is 127. The first-order chi connectivity index (χ1) is 5.72. The van der Waals surface area contributed by atoms with Gasteiger partial charge in [0.2, 0.25) is 0 Å². The summed E-state index contributed by atoms with van der Waals surface area (Å²) in [6.07, 6.45) is 0.915. The zero-order valence-corrected chi connectivity index (χ0v) is 9.78. The fourth-order valence-corrected chi connectivity index (χ4v) is 0.848. The highest BCUT2D eigenvalue weighted by molar-refractivity contribution is 14.0. The zero-order chi connectivity index (χ0) is 8.97. The largest absolute Gasteiger partial charge is 0.370 e. The van der Waals surface area contributed by atoms with Crippen molar-refractivity contribution >= 4 is 29.9 Å². The van der Waals surface area contributed by atoms with Crippen LogP contribution in [0.4, 0.5) is 0 Å². The van der Waals surface area contributed by atoms with E-state index in [1.54, 1.807) is 0 Å². The number of aromatic amines is 1. The van der Waals surface area contributed by atoms with Crippen molar-refractivity contribution in [3.8, 4) is 0 Å². The SMILES string of the molecule is CCc1cc(CN=C(N)N)[nH]n1.I. The van der Waals surface area contributed by atoms with Crippen molar-refractivity contribution in [3.63, 3.8) is 0 Å². The number of hydrogen-bond acceptors (Lipinski definition) is 2. The second-order valence-corrected chi connectivity index (χ2v) is 2.48. The van der Waals surface area contributed by atoms with Gasteiger partial charge in [-0.05, 0) is 12.5 Å². The van der Waals surface area contributed by atoms with E-state index in [9.17, 15) is 0 Å². The van der Waals surface area contributed by atoms with E-state index in [2.05, 4.69) is 15.2 Å². The van der Waals surface area contributed by atoms with E-state index in [0.717, 1.165) is 17.8 Å². The summed E-state index contributed by atoms with van der Waals surface area (Å²) in [7, 11) is 0. The highest BCUT2D eigenvalue weighted by Gasteiger charge is 1.96. The number of aliphatic imine (C=N–C) groups is 1. The minimum atomic E-state index is 0. The van der Waals surface area contributed by atoms with Gasteiger partial charge in [-0.1, -0.05) is 6.92 Å². The van der Waals surface area contributed by atoms with E-state index >= 15 is 0 Å². The summed E-state index contributed by atoms with van der Waals surface area (Å²) in [5, 5.41) is 6.88. The van der Waals surface area contributed by atoms with Crippen LogP contribution in [0.2, 0.25) is 0 Å². The quantitative estimate of drug-likeness (QED) is 0.427. The third-order valence-corrected chi connectivity index (χ3v) is 1.48. The topological polar surface area (TPSA) is 93.1 Å². The van der Waals surface area contributed by atoms with Crippen molar-refractivity contribution < 1.29 is 0 Å². The van der Waals surface area contributed by atoms with Gasteiger partial charge in [0.1, 0.15) is 0 Å². The number of nitrogens with zero attached hydrogens (tertiary/aromatic N) is 2. The number of rotatable bonds is 3. The molecule has 0 atom stereocenters. The highest BCUT2D eigenvalue weighted by Crippen LogP contribution is 2.00. The number of hydrogen-bond donors (Lipinski definition) is 3. The molecule has 5 N–H and O–H groups in total. The molecule has 0 aliphatic carbocycles. The van der Waals surface area contributed by atoms with Gasteiger partial charge in [0.25, 0.3) is 0 Å². The van der Waals surface area contributed by atoms with Crippen molar-refractivity contribution in [2.75, 3.05) is 0 Å². The molecule has 5 nitrogen and oxygen atoms in total. The van der Waals surface area contributed by atoms with E-state index in [0.29, 0.717) is 6.54 Å². The Balaban J connectivity index is 0.00000144. The first kappa shape index (κ1) is 12.2. The smallest absolute Gasteiger partial charge is 0.186 e. The lowest BCUT2D eigenvalue weighted by Crippen LogP contribution is -2.22. The Hall–Kier alpha value is -0.790. The Morgan fingerprint density at radius 1 is 1.62 bits per heavy atom. The molecule has 74 valence electrons. The van der Waals surface area contributed by atoms with Crippen molar-refractivity contribution in [2.24, 2.45) is 16.5 Å². The number of nitrogens with one attached hydrogen (secondary N) is 1. The predicted octanol–water partition coefficient (Wildman–Crippen LogP) is 0.363. The first-order valence-electron chi connectivity index (χ1n) is 3.81. The predicted molar refractivity (Wildman–Crippen MR) is 62.9 cm³/mol. The molecule has 0 fully saturated rings. The van der Waals surface area contributed by atoms with Gasteiger partial charge >= 0.3 is 0 Å². The zero-order valence-electron chi connectivity index (χ0n) is 7.45. The van der Waals surface area contributed by atoms with Crippen LogP contribution >= 0.6 is 24.0 Å². The lowest BCUT2D eigenvalue weighted by atomic mass is 10.3. The Bertz CT molecular complexity index is 276. The van der Waals surface area contributed by atoms with E-state index in [1.165, 1.54) is 0 Å². The molecular formula is C7H14IN5. The lowest BCUT2D eigenvalue weighted by molar-refractivity contribution is 0.919. The van der Waals surface area contributed by atoms with E-state index in [1.807, 2.05) is 13.0 Å². The van der Waals surface area contributed by atoms with Gasteiger partial charge in [0.15, 0.2) is 5.96 Å². The van der Waals surface area contributed by atoms with Gasteiger partial charge in [0.05, 0.1) is 17.9 Å². The molecule has 0 spiro atoms. The monoisotopic (exact) mass is 295 g/mol. The number of aromatic nitrogens is 2. The lowest BCUT2D eigenvalue weighted by Gasteiger charge is -1.89. The molecule has 1 heterocycles. The molecule has 13 heavy (non-hydrogen) atoms. The van der Waals surface area contributed by atoms with Crippen LogP contribution in [0.1, 0.15) is 18.3 Å². The van der Waals surface area contributed by atoms with E-state index < -0.39 is 0 Å². The third-order valence-electron chi connectivity index (χ3n) is 1.48. The van der Waals surface area contributed by atoms with Crippen LogP contribution in [0, 0.1) is 0 Å². The van der Waals surface area contributed by atoms with Crippen LogP contribution in [0.3, 0.4) is 0 Å². The fraction of sp³-hybridized carbons (Fsp3) is 0.429. The van der Waals surface area contributed by atoms with Crippen LogP contribution in [-0.2, 0) is 13.0 Å². The molecule has 0 unspecified atom stereocenters. The van der Waals surface area contributed by atoms with Crippen molar-refractivity contribution in [2.45, 2.75) is 19.9 Å². The molecule has 6 heteroatoms. The van der Waals surface area contributed by atoms with Gasteiger partial charge in [-0.3, -0.25) is 5.10 Å². The number of guanidine groups is 1. The average Bonchev–Trinajstić information content (AvgIpc) is 2.48. The van der Waals surface area contributed by atoms with Crippen molar-refractivity contribution in [3.05, 3.63) is 17.5 Å². The third kappa shape index (κ3) is 4.11. The first-order valence-corrected chi connectivity index (χ1v) is 3.81.